The molecule has 0 heterocycles. The lowest BCUT2D eigenvalue weighted by Crippen LogP contribution is -2.31. The smallest absolute Gasteiger partial charge is 0.331 e. The number of nitrogens with zero attached hydrogens (tertiary/aromatic N) is 1. The zero-order valence-electron chi connectivity index (χ0n) is 10.6. The highest BCUT2D eigenvalue weighted by Gasteiger charge is 2.32. The van der Waals surface area contributed by atoms with Crippen LogP contribution in [0.4, 0.5) is 0 Å². The van der Waals surface area contributed by atoms with Crippen LogP contribution < -0.4 is 0 Å². The number of thioether (sulfide) groups is 1. The number of hydrogen-bond acceptors (Lipinski definition) is 5. The highest BCUT2D eigenvalue weighted by atomic mass is 32.2. The average Bonchev–Trinajstić information content (AvgIpc) is 2.33. The van der Waals surface area contributed by atoms with E-state index < -0.39 is 11.9 Å². The Hall–Kier alpha value is -1.02. The molecule has 2 atom stereocenters. The highest BCUT2D eigenvalue weighted by Crippen LogP contribution is 2.16. The minimum Gasteiger partial charge on any atom is -0.464 e. The SMILES string of the molecule is CCCOC(=O)C(C#N)C(=O)C(CC)CSC. The fourth-order valence-corrected chi connectivity index (χ4v) is 2.16. The van der Waals surface area contributed by atoms with Gasteiger partial charge in [0.15, 0.2) is 5.78 Å². The summed E-state index contributed by atoms with van der Waals surface area (Å²) in [6.07, 6.45) is 3.21. The maximum atomic E-state index is 12.0. The topological polar surface area (TPSA) is 67.2 Å². The quantitative estimate of drug-likeness (QED) is 0.491. The molecule has 2 unspecified atom stereocenters. The Morgan fingerprint density at radius 1 is 1.41 bits per heavy atom. The number of hydrogen-bond donors (Lipinski definition) is 0. The lowest BCUT2D eigenvalue weighted by atomic mass is 9.93. The van der Waals surface area contributed by atoms with E-state index in [1.165, 1.54) is 11.8 Å². The summed E-state index contributed by atoms with van der Waals surface area (Å²) in [6.45, 7) is 3.99. The Morgan fingerprint density at radius 2 is 2.06 bits per heavy atom. The van der Waals surface area contributed by atoms with Crippen molar-refractivity contribution in [2.75, 3.05) is 18.6 Å². The summed E-state index contributed by atoms with van der Waals surface area (Å²) >= 11 is 1.54. The molecule has 0 aliphatic carbocycles. The van der Waals surface area contributed by atoms with Gasteiger partial charge >= 0.3 is 5.97 Å². The fraction of sp³-hybridized carbons (Fsp3) is 0.750. The molecule has 4 nitrogen and oxygen atoms in total. The number of ether oxygens (including phenoxy) is 1. The van der Waals surface area contributed by atoms with Gasteiger partial charge in [-0.3, -0.25) is 9.59 Å². The van der Waals surface area contributed by atoms with Gasteiger partial charge in [-0.05, 0) is 19.1 Å². The lowest BCUT2D eigenvalue weighted by Gasteiger charge is -2.15. The van der Waals surface area contributed by atoms with Crippen LogP contribution in [0, 0.1) is 23.2 Å². The zero-order valence-corrected chi connectivity index (χ0v) is 11.4. The number of esters is 1. The first-order valence-corrected chi connectivity index (χ1v) is 7.10. The Labute approximate surface area is 107 Å². The van der Waals surface area contributed by atoms with Gasteiger partial charge in [-0.1, -0.05) is 13.8 Å². The van der Waals surface area contributed by atoms with Crippen molar-refractivity contribution in [3.8, 4) is 6.07 Å². The van der Waals surface area contributed by atoms with Crippen LogP contribution in [0.25, 0.3) is 0 Å². The standard InChI is InChI=1S/C12H19NO3S/c1-4-6-16-12(15)10(7-13)11(14)9(5-2)8-17-3/h9-10H,4-6,8H2,1-3H3. The minimum atomic E-state index is -1.27. The van der Waals surface area contributed by atoms with Crippen LogP contribution in [0.15, 0.2) is 0 Å². The van der Waals surface area contributed by atoms with E-state index >= 15 is 0 Å². The number of Topliss-reactive ketones (excluding diaryl/α,β-unsaturated/α-hetero) is 1. The zero-order chi connectivity index (χ0) is 13.3. The Balaban J connectivity index is 4.59. The first kappa shape index (κ1) is 16.0. The van der Waals surface area contributed by atoms with Crippen molar-refractivity contribution < 1.29 is 14.3 Å². The lowest BCUT2D eigenvalue weighted by molar-refractivity contribution is -0.150. The molecule has 0 aromatic carbocycles. The van der Waals surface area contributed by atoms with E-state index in [0.29, 0.717) is 18.6 Å². The van der Waals surface area contributed by atoms with Crippen molar-refractivity contribution in [1.82, 2.24) is 0 Å². The third-order valence-electron chi connectivity index (χ3n) is 2.36. The van der Waals surface area contributed by atoms with Gasteiger partial charge in [-0.15, -0.1) is 0 Å². The molecule has 5 heteroatoms. The van der Waals surface area contributed by atoms with Crippen LogP contribution >= 0.6 is 11.8 Å². The molecule has 0 aromatic heterocycles. The summed E-state index contributed by atoms with van der Waals surface area (Å²) < 4.78 is 4.85. The molecule has 0 fully saturated rings. The van der Waals surface area contributed by atoms with Gasteiger partial charge in [0, 0.05) is 11.7 Å². The van der Waals surface area contributed by atoms with Gasteiger partial charge in [-0.2, -0.15) is 17.0 Å². The maximum absolute atomic E-state index is 12.0. The number of ketones is 1. The molecule has 96 valence electrons. The third-order valence-corrected chi connectivity index (χ3v) is 3.10. The van der Waals surface area contributed by atoms with Crippen LogP contribution in [0.2, 0.25) is 0 Å². The van der Waals surface area contributed by atoms with Crippen LogP contribution in [0.5, 0.6) is 0 Å². The molecule has 0 aliphatic heterocycles. The molecule has 0 amide bonds. The molecular formula is C12H19NO3S. The summed E-state index contributed by atoms with van der Waals surface area (Å²) in [7, 11) is 0. The van der Waals surface area contributed by atoms with E-state index in [9.17, 15) is 9.59 Å². The molecule has 0 saturated carbocycles. The van der Waals surface area contributed by atoms with E-state index in [0.717, 1.165) is 0 Å². The van der Waals surface area contributed by atoms with Crippen molar-refractivity contribution in [1.29, 1.82) is 5.26 Å². The van der Waals surface area contributed by atoms with Crippen LogP contribution in [0.1, 0.15) is 26.7 Å². The monoisotopic (exact) mass is 257 g/mol. The van der Waals surface area contributed by atoms with E-state index in [1.54, 1.807) is 6.07 Å². The highest BCUT2D eigenvalue weighted by molar-refractivity contribution is 7.98. The number of carbonyl (C=O) groups is 2. The van der Waals surface area contributed by atoms with Crippen LogP contribution in [-0.4, -0.2) is 30.4 Å². The number of rotatable bonds is 8. The van der Waals surface area contributed by atoms with Crippen LogP contribution in [0.3, 0.4) is 0 Å². The second-order valence-corrected chi connectivity index (χ2v) is 4.60. The molecule has 0 radical (unpaired) electrons. The summed E-state index contributed by atoms with van der Waals surface area (Å²) in [6, 6.07) is 1.75. The maximum Gasteiger partial charge on any atom is 0.331 e. The van der Waals surface area contributed by atoms with Crippen molar-refractivity contribution in [3.63, 3.8) is 0 Å². The van der Waals surface area contributed by atoms with Crippen molar-refractivity contribution >= 4 is 23.5 Å². The van der Waals surface area contributed by atoms with Gasteiger partial charge in [-0.25, -0.2) is 0 Å². The molecule has 17 heavy (non-hydrogen) atoms. The van der Waals surface area contributed by atoms with Crippen molar-refractivity contribution in [2.24, 2.45) is 11.8 Å². The largest absolute Gasteiger partial charge is 0.464 e. The van der Waals surface area contributed by atoms with E-state index in [2.05, 4.69) is 0 Å². The molecule has 0 saturated heterocycles. The summed E-state index contributed by atoms with van der Waals surface area (Å²) in [5, 5.41) is 8.90. The number of carbonyl (C=O) groups excluding carboxylic acids is 2. The normalized spacial score (nSPS) is 13.5. The van der Waals surface area contributed by atoms with Gasteiger partial charge in [0.25, 0.3) is 0 Å². The summed E-state index contributed by atoms with van der Waals surface area (Å²) in [4.78, 5) is 23.5. The van der Waals surface area contributed by atoms with Gasteiger partial charge in [0.2, 0.25) is 5.92 Å². The van der Waals surface area contributed by atoms with Crippen molar-refractivity contribution in [3.05, 3.63) is 0 Å². The predicted octanol–water partition coefficient (Wildman–Crippen LogP) is 2.04. The van der Waals surface area contributed by atoms with E-state index in [1.807, 2.05) is 20.1 Å². The average molecular weight is 257 g/mol. The minimum absolute atomic E-state index is 0.246. The Kier molecular flexibility index (Phi) is 8.51. The second-order valence-electron chi connectivity index (χ2n) is 3.69. The number of nitriles is 1. The summed E-state index contributed by atoms with van der Waals surface area (Å²) in [5.74, 6) is -1.90. The van der Waals surface area contributed by atoms with Crippen molar-refractivity contribution in [2.45, 2.75) is 26.7 Å². The first-order chi connectivity index (χ1) is 8.12. The van der Waals surface area contributed by atoms with Gasteiger partial charge < -0.3 is 4.74 Å². The summed E-state index contributed by atoms with van der Waals surface area (Å²) in [5.41, 5.74) is 0. The fourth-order valence-electron chi connectivity index (χ4n) is 1.36. The second kappa shape index (κ2) is 9.06. The Bertz CT molecular complexity index is 299. The molecule has 0 bridgehead atoms. The predicted molar refractivity (Wildman–Crippen MR) is 67.5 cm³/mol. The Morgan fingerprint density at radius 3 is 2.47 bits per heavy atom. The molecule has 0 N–H and O–H groups in total. The first-order valence-electron chi connectivity index (χ1n) is 5.71. The molecule has 0 spiro atoms. The van der Waals surface area contributed by atoms with E-state index in [4.69, 9.17) is 10.00 Å². The third kappa shape index (κ3) is 5.22. The molecule has 0 rings (SSSR count). The van der Waals surface area contributed by atoms with E-state index in [-0.39, 0.29) is 18.3 Å². The molecule has 0 aromatic rings. The van der Waals surface area contributed by atoms with Crippen LogP contribution in [-0.2, 0) is 14.3 Å². The molecule has 0 aliphatic rings. The molecular weight excluding hydrogens is 238 g/mol. The van der Waals surface area contributed by atoms with Gasteiger partial charge in [0.05, 0.1) is 12.7 Å². The van der Waals surface area contributed by atoms with Gasteiger partial charge in [0.1, 0.15) is 0 Å².